The number of nitrogens with zero attached hydrogens (tertiary/aromatic N) is 3. The number of aliphatic hydroxyl groups is 1. The summed E-state index contributed by atoms with van der Waals surface area (Å²) in [5.74, 6) is -2.31. The third-order valence-electron chi connectivity index (χ3n) is 10.6. The molecule has 3 heterocycles. The Balaban J connectivity index is 1.42. The van der Waals surface area contributed by atoms with Gasteiger partial charge in [-0.1, -0.05) is 79.7 Å². The minimum atomic E-state index is -1.18. The zero-order chi connectivity index (χ0) is 33.3. The monoisotopic (exact) mass is 635 g/mol. The highest BCUT2D eigenvalue weighted by molar-refractivity contribution is 6.06. The van der Waals surface area contributed by atoms with Gasteiger partial charge in [-0.15, -0.1) is 13.2 Å². The first-order valence-corrected chi connectivity index (χ1v) is 16.7. The van der Waals surface area contributed by atoms with Crippen LogP contribution < -0.4 is 4.90 Å². The fourth-order valence-electron chi connectivity index (χ4n) is 8.36. The molecule has 8 nitrogen and oxygen atoms in total. The van der Waals surface area contributed by atoms with E-state index in [9.17, 15) is 19.5 Å². The van der Waals surface area contributed by atoms with Crippen molar-refractivity contribution in [2.24, 2.45) is 17.8 Å². The number of hydrogen-bond acceptors (Lipinski definition) is 5. The molecule has 1 spiro atoms. The van der Waals surface area contributed by atoms with Crippen LogP contribution in [0.5, 0.6) is 0 Å². The summed E-state index contributed by atoms with van der Waals surface area (Å²) < 4.78 is 7.01. The predicted octanol–water partition coefficient (Wildman–Crippen LogP) is 5.36. The van der Waals surface area contributed by atoms with Crippen LogP contribution in [0, 0.1) is 17.8 Å². The minimum Gasteiger partial charge on any atom is -0.396 e. The molecule has 47 heavy (non-hydrogen) atoms. The lowest BCUT2D eigenvalue weighted by molar-refractivity contribution is -0.151. The van der Waals surface area contributed by atoms with Crippen LogP contribution in [0.2, 0.25) is 0 Å². The normalized spacial score (nSPS) is 27.6. The standard InChI is InChI=1S/C39H45N3O5/c1-5-20-40(26-28-14-8-7-9-15-28)35(44)32-33-36(45)42(22-12-13-23-43)34(39(33)25-27(3)38(32,4)47-39)37(46)41(21-6-2)31-19-18-29-16-10-11-17-30(29)24-31/h5-11,14-19,24,27,32-34,43H,1-2,12-13,20-23,25-26H2,3-4H3/t27?,32-,33-,34?,38+,39?/m0/s1. The first kappa shape index (κ1) is 32.7. The molecule has 8 heteroatoms. The van der Waals surface area contributed by atoms with E-state index >= 15 is 0 Å². The molecule has 3 aromatic rings. The fraction of sp³-hybridized carbons (Fsp3) is 0.410. The molecule has 2 bridgehead atoms. The molecule has 3 aromatic carbocycles. The summed E-state index contributed by atoms with van der Waals surface area (Å²) in [5, 5.41) is 11.6. The summed E-state index contributed by atoms with van der Waals surface area (Å²) in [7, 11) is 0. The Morgan fingerprint density at radius 2 is 1.68 bits per heavy atom. The predicted molar refractivity (Wildman–Crippen MR) is 183 cm³/mol. The number of carbonyl (C=O) groups is 3. The van der Waals surface area contributed by atoms with Crippen LogP contribution in [0.15, 0.2) is 98.1 Å². The first-order valence-electron chi connectivity index (χ1n) is 16.7. The molecular weight excluding hydrogens is 590 g/mol. The van der Waals surface area contributed by atoms with Crippen molar-refractivity contribution in [1.82, 2.24) is 9.80 Å². The number of aliphatic hydroxyl groups excluding tert-OH is 1. The fourth-order valence-corrected chi connectivity index (χ4v) is 8.36. The van der Waals surface area contributed by atoms with E-state index in [-0.39, 0.29) is 43.3 Å². The van der Waals surface area contributed by atoms with E-state index < -0.39 is 29.1 Å². The number of ether oxygens (including phenoxy) is 1. The molecule has 0 aliphatic carbocycles. The molecule has 3 unspecified atom stereocenters. The van der Waals surface area contributed by atoms with Gasteiger partial charge in [0.25, 0.3) is 5.91 Å². The van der Waals surface area contributed by atoms with Crippen LogP contribution >= 0.6 is 0 Å². The molecule has 3 saturated heterocycles. The van der Waals surface area contributed by atoms with Gasteiger partial charge in [0.05, 0.1) is 17.4 Å². The second-order valence-corrected chi connectivity index (χ2v) is 13.4. The Bertz CT molecular complexity index is 1680. The lowest BCUT2D eigenvalue weighted by Gasteiger charge is -2.39. The van der Waals surface area contributed by atoms with E-state index in [2.05, 4.69) is 20.1 Å². The van der Waals surface area contributed by atoms with E-state index in [1.807, 2.05) is 79.7 Å². The van der Waals surface area contributed by atoms with Gasteiger partial charge in [-0.3, -0.25) is 14.4 Å². The molecule has 3 aliphatic rings. The van der Waals surface area contributed by atoms with E-state index in [1.54, 1.807) is 26.9 Å². The minimum absolute atomic E-state index is 0.0163. The molecule has 246 valence electrons. The van der Waals surface area contributed by atoms with Crippen molar-refractivity contribution < 1.29 is 24.2 Å². The molecule has 1 N–H and O–H groups in total. The molecule has 0 aromatic heterocycles. The number of carbonyl (C=O) groups excluding carboxylic acids is 3. The number of anilines is 1. The third kappa shape index (κ3) is 5.47. The van der Waals surface area contributed by atoms with E-state index in [0.717, 1.165) is 16.3 Å². The van der Waals surface area contributed by atoms with Gasteiger partial charge in [-0.05, 0) is 60.6 Å². The number of rotatable bonds is 13. The number of amides is 3. The van der Waals surface area contributed by atoms with Gasteiger partial charge in [0, 0.05) is 38.5 Å². The Kier molecular flexibility index (Phi) is 9.09. The summed E-state index contributed by atoms with van der Waals surface area (Å²) in [5.41, 5.74) is -0.428. The van der Waals surface area contributed by atoms with Crippen LogP contribution in [0.3, 0.4) is 0 Å². The van der Waals surface area contributed by atoms with Crippen molar-refractivity contribution in [2.75, 3.05) is 31.1 Å². The van der Waals surface area contributed by atoms with Crippen molar-refractivity contribution in [3.8, 4) is 0 Å². The summed E-state index contributed by atoms with van der Waals surface area (Å²) in [6.45, 7) is 13.1. The molecule has 3 aliphatic heterocycles. The van der Waals surface area contributed by atoms with Gasteiger partial charge in [-0.2, -0.15) is 0 Å². The Morgan fingerprint density at radius 1 is 0.979 bits per heavy atom. The van der Waals surface area contributed by atoms with Crippen LogP contribution in [0.4, 0.5) is 5.69 Å². The molecule has 3 fully saturated rings. The second-order valence-electron chi connectivity index (χ2n) is 13.4. The summed E-state index contributed by atoms with van der Waals surface area (Å²) in [6, 6.07) is 22.7. The van der Waals surface area contributed by atoms with Crippen molar-refractivity contribution in [3.63, 3.8) is 0 Å². The van der Waals surface area contributed by atoms with E-state index in [4.69, 9.17) is 4.74 Å². The Morgan fingerprint density at radius 3 is 2.38 bits per heavy atom. The molecule has 0 saturated carbocycles. The quantitative estimate of drug-likeness (QED) is 0.202. The number of unbranched alkanes of at least 4 members (excludes halogenated alkanes) is 1. The van der Waals surface area contributed by atoms with Crippen LogP contribution in [-0.2, 0) is 25.7 Å². The lowest BCUT2D eigenvalue weighted by Crippen LogP contribution is -2.57. The average molecular weight is 636 g/mol. The zero-order valence-corrected chi connectivity index (χ0v) is 27.4. The lowest BCUT2D eigenvalue weighted by atomic mass is 9.62. The van der Waals surface area contributed by atoms with Gasteiger partial charge < -0.3 is 24.5 Å². The number of benzene rings is 3. The molecule has 6 atom stereocenters. The van der Waals surface area contributed by atoms with Crippen LogP contribution in [-0.4, -0.2) is 76.1 Å². The third-order valence-corrected chi connectivity index (χ3v) is 10.6. The maximum absolute atomic E-state index is 15.0. The van der Waals surface area contributed by atoms with Crippen molar-refractivity contribution in [2.45, 2.75) is 56.9 Å². The molecule has 6 rings (SSSR count). The summed E-state index contributed by atoms with van der Waals surface area (Å²) in [6.07, 6.45) is 4.89. The highest BCUT2D eigenvalue weighted by Gasteiger charge is 2.80. The summed E-state index contributed by atoms with van der Waals surface area (Å²) in [4.78, 5) is 49.4. The van der Waals surface area contributed by atoms with Crippen LogP contribution in [0.25, 0.3) is 10.8 Å². The number of fused-ring (bicyclic) bond motifs is 2. The second kappa shape index (κ2) is 13.1. The Labute approximate surface area is 277 Å². The van der Waals surface area contributed by atoms with Gasteiger partial charge >= 0.3 is 0 Å². The SMILES string of the molecule is C=CCN(Cc1ccccc1)C(=O)[C@@H]1[C@H]2C(=O)N(CCCCO)C(C(=O)N(CC=C)c3ccc4ccccc4c3)C23CC(C)[C@@]1(C)O3. The smallest absolute Gasteiger partial charge is 0.253 e. The van der Waals surface area contributed by atoms with Gasteiger partial charge in [0.2, 0.25) is 11.8 Å². The Hall–Kier alpha value is -4.27. The van der Waals surface area contributed by atoms with Gasteiger partial charge in [0.15, 0.2) is 0 Å². The maximum atomic E-state index is 15.0. The van der Waals surface area contributed by atoms with Crippen molar-refractivity contribution >= 4 is 34.2 Å². The molecule has 0 radical (unpaired) electrons. The van der Waals surface area contributed by atoms with Gasteiger partial charge in [0.1, 0.15) is 11.6 Å². The van der Waals surface area contributed by atoms with E-state index in [0.29, 0.717) is 38.0 Å². The molecular formula is C39H45N3O5. The number of likely N-dealkylation sites (tertiary alicyclic amines) is 1. The summed E-state index contributed by atoms with van der Waals surface area (Å²) >= 11 is 0. The average Bonchev–Trinajstić information content (AvgIpc) is 3.59. The zero-order valence-electron chi connectivity index (χ0n) is 27.4. The highest BCUT2D eigenvalue weighted by Crippen LogP contribution is 2.65. The maximum Gasteiger partial charge on any atom is 0.253 e. The highest BCUT2D eigenvalue weighted by atomic mass is 16.5. The van der Waals surface area contributed by atoms with Crippen molar-refractivity contribution in [3.05, 3.63) is 104 Å². The van der Waals surface area contributed by atoms with Crippen molar-refractivity contribution in [1.29, 1.82) is 0 Å². The largest absolute Gasteiger partial charge is 0.396 e. The molecule has 3 amide bonds. The first-order chi connectivity index (χ1) is 22.7. The topological polar surface area (TPSA) is 90.4 Å². The van der Waals surface area contributed by atoms with Gasteiger partial charge in [-0.25, -0.2) is 0 Å². The number of hydrogen-bond donors (Lipinski definition) is 1. The van der Waals surface area contributed by atoms with E-state index in [1.165, 1.54) is 0 Å². The van der Waals surface area contributed by atoms with Crippen LogP contribution in [0.1, 0.15) is 38.7 Å².